The summed E-state index contributed by atoms with van der Waals surface area (Å²) in [5.74, 6) is 1.33. The zero-order valence-corrected chi connectivity index (χ0v) is 16.8. The Balaban J connectivity index is 1.39. The van der Waals surface area contributed by atoms with Gasteiger partial charge in [-0.25, -0.2) is 4.98 Å². The van der Waals surface area contributed by atoms with Gasteiger partial charge in [0.25, 0.3) is 0 Å². The van der Waals surface area contributed by atoms with Crippen molar-refractivity contribution in [2.45, 2.75) is 26.3 Å². The summed E-state index contributed by atoms with van der Waals surface area (Å²) in [6.45, 7) is 6.55. The van der Waals surface area contributed by atoms with E-state index in [2.05, 4.69) is 45.6 Å². The molecular weight excluding hydrogens is 356 g/mol. The number of hydrogen-bond acceptors (Lipinski definition) is 4. The second-order valence-electron chi connectivity index (χ2n) is 7.29. The third kappa shape index (κ3) is 3.92. The standard InChI is InChI=1S/C21H26N4OS/c1-16-17-6-3-4-7-18(17)27-19(16)14-21(26)25-10-5-9-24(12-13-25)15-20-22-8-11-23(20)2/h3-4,6-8,11H,5,9-10,12-15H2,1-2H3. The number of imidazole rings is 1. The van der Waals surface area contributed by atoms with Gasteiger partial charge in [0.2, 0.25) is 5.91 Å². The molecular formula is C21H26N4OS. The third-order valence-electron chi connectivity index (χ3n) is 5.48. The average molecular weight is 383 g/mol. The average Bonchev–Trinajstić information content (AvgIpc) is 3.10. The molecule has 0 aliphatic carbocycles. The van der Waals surface area contributed by atoms with E-state index in [4.69, 9.17) is 0 Å². The van der Waals surface area contributed by atoms with E-state index in [-0.39, 0.29) is 5.91 Å². The Morgan fingerprint density at radius 2 is 2.04 bits per heavy atom. The summed E-state index contributed by atoms with van der Waals surface area (Å²) in [5, 5.41) is 1.28. The lowest BCUT2D eigenvalue weighted by Gasteiger charge is -2.22. The molecule has 1 fully saturated rings. The SMILES string of the molecule is Cc1c(CC(=O)N2CCCN(Cc3nccn3C)CC2)sc2ccccc12. The number of benzene rings is 1. The van der Waals surface area contributed by atoms with Gasteiger partial charge in [-0.15, -0.1) is 11.3 Å². The van der Waals surface area contributed by atoms with Gasteiger partial charge in [-0.2, -0.15) is 0 Å². The maximum Gasteiger partial charge on any atom is 0.227 e. The molecule has 0 spiro atoms. The number of carbonyl (C=O) groups is 1. The van der Waals surface area contributed by atoms with Gasteiger partial charge in [-0.1, -0.05) is 18.2 Å². The number of amides is 1. The van der Waals surface area contributed by atoms with E-state index < -0.39 is 0 Å². The minimum Gasteiger partial charge on any atom is -0.341 e. The fraction of sp³-hybridized carbons (Fsp3) is 0.429. The van der Waals surface area contributed by atoms with E-state index in [9.17, 15) is 4.79 Å². The van der Waals surface area contributed by atoms with Gasteiger partial charge in [-0.3, -0.25) is 9.69 Å². The van der Waals surface area contributed by atoms with Crippen molar-refractivity contribution in [2.75, 3.05) is 26.2 Å². The lowest BCUT2D eigenvalue weighted by molar-refractivity contribution is -0.130. The number of fused-ring (bicyclic) bond motifs is 1. The predicted octanol–water partition coefficient (Wildman–Crippen LogP) is 3.22. The summed E-state index contributed by atoms with van der Waals surface area (Å²) in [7, 11) is 2.03. The van der Waals surface area contributed by atoms with Crippen molar-refractivity contribution in [1.82, 2.24) is 19.4 Å². The van der Waals surface area contributed by atoms with Crippen LogP contribution in [0.2, 0.25) is 0 Å². The third-order valence-corrected chi connectivity index (χ3v) is 6.75. The van der Waals surface area contributed by atoms with Crippen LogP contribution < -0.4 is 0 Å². The highest BCUT2D eigenvalue weighted by molar-refractivity contribution is 7.19. The van der Waals surface area contributed by atoms with Crippen molar-refractivity contribution in [2.24, 2.45) is 7.05 Å². The van der Waals surface area contributed by atoms with Gasteiger partial charge in [0.05, 0.1) is 13.0 Å². The number of rotatable bonds is 4. The zero-order chi connectivity index (χ0) is 18.8. The van der Waals surface area contributed by atoms with Crippen molar-refractivity contribution < 1.29 is 4.79 Å². The number of thiophene rings is 1. The van der Waals surface area contributed by atoms with Crippen LogP contribution in [0.25, 0.3) is 10.1 Å². The Morgan fingerprint density at radius 1 is 1.19 bits per heavy atom. The molecule has 5 nitrogen and oxygen atoms in total. The summed E-state index contributed by atoms with van der Waals surface area (Å²) < 4.78 is 3.34. The van der Waals surface area contributed by atoms with Gasteiger partial charge >= 0.3 is 0 Å². The largest absolute Gasteiger partial charge is 0.341 e. The van der Waals surface area contributed by atoms with Crippen LogP contribution in [-0.4, -0.2) is 51.4 Å². The van der Waals surface area contributed by atoms with Crippen LogP contribution in [0, 0.1) is 6.92 Å². The Bertz CT molecular complexity index is 945. The summed E-state index contributed by atoms with van der Waals surface area (Å²) >= 11 is 1.76. The van der Waals surface area contributed by atoms with Gasteiger partial charge in [0.15, 0.2) is 0 Å². The van der Waals surface area contributed by atoms with Crippen molar-refractivity contribution in [3.05, 3.63) is 52.9 Å². The van der Waals surface area contributed by atoms with E-state index in [1.165, 1.54) is 20.5 Å². The summed E-state index contributed by atoms with van der Waals surface area (Å²) in [6, 6.07) is 8.42. The van der Waals surface area contributed by atoms with Crippen LogP contribution in [0.1, 0.15) is 22.7 Å². The first-order chi connectivity index (χ1) is 13.1. The second kappa shape index (κ2) is 7.82. The highest BCUT2D eigenvalue weighted by Gasteiger charge is 2.21. The molecule has 0 N–H and O–H groups in total. The monoisotopic (exact) mass is 382 g/mol. The molecule has 0 unspecified atom stereocenters. The van der Waals surface area contributed by atoms with Crippen LogP contribution >= 0.6 is 11.3 Å². The number of carbonyl (C=O) groups excluding carboxylic acids is 1. The first-order valence-electron chi connectivity index (χ1n) is 9.55. The Labute approximate surface area is 164 Å². The molecule has 1 saturated heterocycles. The first-order valence-corrected chi connectivity index (χ1v) is 10.4. The number of hydrogen-bond donors (Lipinski definition) is 0. The van der Waals surface area contributed by atoms with Gasteiger partial charge in [0, 0.05) is 55.2 Å². The van der Waals surface area contributed by atoms with E-state index in [0.29, 0.717) is 6.42 Å². The van der Waals surface area contributed by atoms with E-state index in [1.807, 2.05) is 24.3 Å². The molecule has 0 atom stereocenters. The van der Waals surface area contributed by atoms with Gasteiger partial charge in [0.1, 0.15) is 5.82 Å². The van der Waals surface area contributed by atoms with E-state index in [0.717, 1.165) is 45.0 Å². The molecule has 3 heterocycles. The van der Waals surface area contributed by atoms with Crippen LogP contribution in [-0.2, 0) is 24.8 Å². The highest BCUT2D eigenvalue weighted by Crippen LogP contribution is 2.31. The maximum absolute atomic E-state index is 12.9. The Kier molecular flexibility index (Phi) is 5.27. The minimum atomic E-state index is 0.253. The molecule has 27 heavy (non-hydrogen) atoms. The molecule has 4 rings (SSSR count). The predicted molar refractivity (Wildman–Crippen MR) is 110 cm³/mol. The van der Waals surface area contributed by atoms with Crippen LogP contribution in [0.15, 0.2) is 36.7 Å². The first kappa shape index (κ1) is 18.2. The van der Waals surface area contributed by atoms with Crippen molar-refractivity contribution in [3.8, 4) is 0 Å². The molecule has 1 aromatic carbocycles. The smallest absolute Gasteiger partial charge is 0.227 e. The topological polar surface area (TPSA) is 41.4 Å². The molecule has 0 saturated carbocycles. The molecule has 0 bridgehead atoms. The number of aryl methyl sites for hydroxylation is 2. The molecule has 3 aromatic rings. The summed E-state index contributed by atoms with van der Waals surface area (Å²) in [6.07, 6.45) is 5.36. The quantitative estimate of drug-likeness (QED) is 0.696. The minimum absolute atomic E-state index is 0.253. The van der Waals surface area contributed by atoms with Gasteiger partial charge < -0.3 is 9.47 Å². The fourth-order valence-corrected chi connectivity index (χ4v) is 4.97. The molecule has 1 amide bonds. The molecule has 2 aromatic heterocycles. The van der Waals surface area contributed by atoms with Crippen molar-refractivity contribution in [1.29, 1.82) is 0 Å². The van der Waals surface area contributed by atoms with Crippen LogP contribution in [0.3, 0.4) is 0 Å². The number of aromatic nitrogens is 2. The second-order valence-corrected chi connectivity index (χ2v) is 8.42. The lowest BCUT2D eigenvalue weighted by Crippen LogP contribution is -2.36. The zero-order valence-electron chi connectivity index (χ0n) is 16.0. The van der Waals surface area contributed by atoms with Crippen LogP contribution in [0.5, 0.6) is 0 Å². The van der Waals surface area contributed by atoms with Crippen molar-refractivity contribution >= 4 is 27.3 Å². The highest BCUT2D eigenvalue weighted by atomic mass is 32.1. The normalized spacial score (nSPS) is 16.0. The van der Waals surface area contributed by atoms with Crippen LogP contribution in [0.4, 0.5) is 0 Å². The lowest BCUT2D eigenvalue weighted by atomic mass is 10.1. The van der Waals surface area contributed by atoms with E-state index in [1.54, 1.807) is 11.3 Å². The van der Waals surface area contributed by atoms with E-state index >= 15 is 0 Å². The molecule has 0 radical (unpaired) electrons. The number of nitrogens with zero attached hydrogens (tertiary/aromatic N) is 4. The van der Waals surface area contributed by atoms with Gasteiger partial charge in [-0.05, 0) is 30.4 Å². The Morgan fingerprint density at radius 3 is 2.81 bits per heavy atom. The molecule has 1 aliphatic heterocycles. The summed E-state index contributed by atoms with van der Waals surface area (Å²) in [5.41, 5.74) is 1.26. The molecule has 6 heteroatoms. The Hall–Kier alpha value is -2.18. The van der Waals surface area contributed by atoms with Crippen molar-refractivity contribution in [3.63, 3.8) is 0 Å². The fourth-order valence-electron chi connectivity index (χ4n) is 3.77. The molecule has 1 aliphatic rings. The maximum atomic E-state index is 12.9. The summed E-state index contributed by atoms with van der Waals surface area (Å²) in [4.78, 5) is 23.0. The molecule has 142 valence electrons.